The van der Waals surface area contributed by atoms with E-state index >= 15 is 0 Å². The van der Waals surface area contributed by atoms with Crippen LogP contribution in [0.4, 0.5) is 0 Å². The Balaban J connectivity index is 1.57. The van der Waals surface area contributed by atoms with E-state index in [1.165, 1.54) is 11.3 Å². The zero-order valence-corrected chi connectivity index (χ0v) is 14.8. The number of amides is 1. The summed E-state index contributed by atoms with van der Waals surface area (Å²) in [6.45, 7) is 5.26. The number of aromatic nitrogens is 1. The number of likely N-dealkylation sites (tertiary alicyclic amines) is 1. The second-order valence-corrected chi connectivity index (χ2v) is 7.35. The first-order valence-corrected chi connectivity index (χ1v) is 8.88. The largest absolute Gasteiger partial charge is 0.490 e. The number of nitrogens with zero attached hydrogens (tertiary/aromatic N) is 2. The van der Waals surface area contributed by atoms with Crippen LogP contribution in [-0.4, -0.2) is 35.0 Å². The van der Waals surface area contributed by atoms with Crippen molar-refractivity contribution in [2.45, 2.75) is 32.8 Å². The fourth-order valence-electron chi connectivity index (χ4n) is 2.76. The first-order valence-electron chi connectivity index (χ1n) is 7.68. The van der Waals surface area contributed by atoms with E-state index in [4.69, 9.17) is 16.3 Å². The minimum absolute atomic E-state index is 0.0954. The third kappa shape index (κ3) is 3.85. The second-order valence-electron chi connectivity index (χ2n) is 5.71. The number of carbonyl (C=O) groups is 1. The van der Waals surface area contributed by atoms with E-state index in [-0.39, 0.29) is 12.0 Å². The van der Waals surface area contributed by atoms with Crippen LogP contribution >= 0.6 is 22.9 Å². The van der Waals surface area contributed by atoms with Gasteiger partial charge in [-0.2, -0.15) is 0 Å². The molecule has 0 N–H and O–H groups in total. The van der Waals surface area contributed by atoms with Crippen molar-refractivity contribution >= 4 is 28.8 Å². The highest BCUT2D eigenvalue weighted by atomic mass is 35.5. The summed E-state index contributed by atoms with van der Waals surface area (Å²) < 4.78 is 5.97. The van der Waals surface area contributed by atoms with Gasteiger partial charge in [-0.05, 0) is 38.1 Å². The smallest absolute Gasteiger partial charge is 0.265 e. The van der Waals surface area contributed by atoms with Crippen molar-refractivity contribution in [3.8, 4) is 5.75 Å². The van der Waals surface area contributed by atoms with Crippen LogP contribution in [0.2, 0.25) is 5.02 Å². The van der Waals surface area contributed by atoms with E-state index in [2.05, 4.69) is 4.98 Å². The molecular weight excluding hydrogens is 332 g/mol. The number of hydrogen-bond acceptors (Lipinski definition) is 4. The van der Waals surface area contributed by atoms with Crippen molar-refractivity contribution in [1.82, 2.24) is 9.88 Å². The standard InChI is InChI=1S/C17H19ClN2O2S/c1-11-16(23-12(2)19-11)17(21)20-9-7-15(8-10-20)22-14-5-3-13(18)4-6-14/h3-6,15H,7-10H2,1-2H3. The molecule has 6 heteroatoms. The highest BCUT2D eigenvalue weighted by molar-refractivity contribution is 7.13. The van der Waals surface area contributed by atoms with Crippen LogP contribution < -0.4 is 4.74 Å². The summed E-state index contributed by atoms with van der Waals surface area (Å²) >= 11 is 7.35. The summed E-state index contributed by atoms with van der Waals surface area (Å²) in [7, 11) is 0. The van der Waals surface area contributed by atoms with Gasteiger partial charge in [-0.1, -0.05) is 11.6 Å². The fourth-order valence-corrected chi connectivity index (χ4v) is 3.77. The van der Waals surface area contributed by atoms with Gasteiger partial charge in [0.2, 0.25) is 0 Å². The van der Waals surface area contributed by atoms with E-state index in [9.17, 15) is 4.79 Å². The highest BCUT2D eigenvalue weighted by Crippen LogP contribution is 2.24. The van der Waals surface area contributed by atoms with Crippen LogP contribution in [-0.2, 0) is 0 Å². The molecule has 0 radical (unpaired) electrons. The summed E-state index contributed by atoms with van der Waals surface area (Å²) in [5, 5.41) is 1.64. The molecule has 1 amide bonds. The van der Waals surface area contributed by atoms with Gasteiger partial charge in [-0.3, -0.25) is 4.79 Å². The zero-order chi connectivity index (χ0) is 16.4. The molecule has 3 rings (SSSR count). The number of halogens is 1. The van der Waals surface area contributed by atoms with Crippen LogP contribution in [0.15, 0.2) is 24.3 Å². The van der Waals surface area contributed by atoms with Crippen LogP contribution in [0, 0.1) is 13.8 Å². The number of thiazole rings is 1. The summed E-state index contributed by atoms with van der Waals surface area (Å²) in [5.41, 5.74) is 0.831. The molecule has 2 aromatic rings. The molecule has 0 saturated carbocycles. The highest BCUT2D eigenvalue weighted by Gasteiger charge is 2.26. The molecule has 1 aliphatic rings. The maximum absolute atomic E-state index is 12.6. The number of rotatable bonds is 3. The van der Waals surface area contributed by atoms with E-state index in [0.29, 0.717) is 18.1 Å². The molecule has 0 spiro atoms. The molecule has 0 unspecified atom stereocenters. The van der Waals surface area contributed by atoms with Gasteiger partial charge in [0, 0.05) is 31.0 Å². The molecule has 4 nitrogen and oxygen atoms in total. The van der Waals surface area contributed by atoms with E-state index in [0.717, 1.165) is 34.2 Å². The van der Waals surface area contributed by atoms with Crippen LogP contribution in [0.5, 0.6) is 5.75 Å². The van der Waals surface area contributed by atoms with E-state index in [1.807, 2.05) is 43.0 Å². The first-order chi connectivity index (χ1) is 11.0. The zero-order valence-electron chi connectivity index (χ0n) is 13.2. The molecule has 122 valence electrons. The average molecular weight is 351 g/mol. The lowest BCUT2D eigenvalue weighted by molar-refractivity contribution is 0.0599. The van der Waals surface area contributed by atoms with Gasteiger partial charge in [-0.25, -0.2) is 4.98 Å². The monoisotopic (exact) mass is 350 g/mol. The summed E-state index contributed by atoms with van der Waals surface area (Å²) in [6, 6.07) is 7.40. The summed E-state index contributed by atoms with van der Waals surface area (Å²) in [4.78, 5) is 19.6. The fraction of sp³-hybridized carbons (Fsp3) is 0.412. The van der Waals surface area contributed by atoms with Crippen molar-refractivity contribution in [3.63, 3.8) is 0 Å². The number of ether oxygens (including phenoxy) is 1. The minimum Gasteiger partial charge on any atom is -0.490 e. The SMILES string of the molecule is Cc1nc(C)c(C(=O)N2CCC(Oc3ccc(Cl)cc3)CC2)s1. The summed E-state index contributed by atoms with van der Waals surface area (Å²) in [6.07, 6.45) is 1.82. The molecule has 0 bridgehead atoms. The lowest BCUT2D eigenvalue weighted by atomic mass is 10.1. The van der Waals surface area contributed by atoms with Gasteiger partial charge >= 0.3 is 0 Å². The maximum Gasteiger partial charge on any atom is 0.265 e. The molecule has 0 aliphatic carbocycles. The van der Waals surface area contributed by atoms with E-state index in [1.54, 1.807) is 0 Å². The Morgan fingerprint density at radius 2 is 1.91 bits per heavy atom. The Bertz CT molecular complexity index is 691. The van der Waals surface area contributed by atoms with Crippen molar-refractivity contribution in [2.75, 3.05) is 13.1 Å². The minimum atomic E-state index is 0.0954. The van der Waals surface area contributed by atoms with Crippen molar-refractivity contribution in [2.24, 2.45) is 0 Å². The Morgan fingerprint density at radius 1 is 1.26 bits per heavy atom. The summed E-state index contributed by atoms with van der Waals surface area (Å²) in [5.74, 6) is 0.922. The number of piperidine rings is 1. The molecule has 1 aliphatic heterocycles. The quantitative estimate of drug-likeness (QED) is 0.837. The molecule has 0 atom stereocenters. The van der Waals surface area contributed by atoms with Crippen molar-refractivity contribution in [1.29, 1.82) is 0 Å². The number of aryl methyl sites for hydroxylation is 2. The molecule has 23 heavy (non-hydrogen) atoms. The van der Waals surface area contributed by atoms with Crippen molar-refractivity contribution < 1.29 is 9.53 Å². The van der Waals surface area contributed by atoms with Crippen LogP contribution in [0.25, 0.3) is 0 Å². The number of carbonyl (C=O) groups excluding carboxylic acids is 1. The lowest BCUT2D eigenvalue weighted by Crippen LogP contribution is -2.41. The first kappa shape index (κ1) is 16.3. The average Bonchev–Trinajstić information content (AvgIpc) is 2.88. The third-order valence-corrected chi connectivity index (χ3v) is 5.26. The lowest BCUT2D eigenvalue weighted by Gasteiger charge is -2.32. The number of benzene rings is 1. The van der Waals surface area contributed by atoms with Gasteiger partial charge in [0.25, 0.3) is 5.91 Å². The number of hydrogen-bond donors (Lipinski definition) is 0. The molecule has 1 aromatic heterocycles. The molecular formula is C17H19ClN2O2S. The Hall–Kier alpha value is -1.59. The van der Waals surface area contributed by atoms with Gasteiger partial charge < -0.3 is 9.64 Å². The molecule has 1 saturated heterocycles. The van der Waals surface area contributed by atoms with Gasteiger partial charge in [0.05, 0.1) is 10.7 Å². The molecule has 1 aromatic carbocycles. The third-order valence-electron chi connectivity index (χ3n) is 3.94. The van der Waals surface area contributed by atoms with Crippen LogP contribution in [0.3, 0.4) is 0 Å². The van der Waals surface area contributed by atoms with E-state index < -0.39 is 0 Å². The van der Waals surface area contributed by atoms with Gasteiger partial charge in [0.1, 0.15) is 16.7 Å². The predicted molar refractivity (Wildman–Crippen MR) is 92.6 cm³/mol. The maximum atomic E-state index is 12.6. The van der Waals surface area contributed by atoms with Crippen LogP contribution in [0.1, 0.15) is 33.2 Å². The Morgan fingerprint density at radius 3 is 2.48 bits per heavy atom. The van der Waals surface area contributed by atoms with Crippen molar-refractivity contribution in [3.05, 3.63) is 44.9 Å². The Kier molecular flexibility index (Phi) is 4.87. The van der Waals surface area contributed by atoms with Gasteiger partial charge in [-0.15, -0.1) is 11.3 Å². The normalized spacial score (nSPS) is 15.7. The molecule has 1 fully saturated rings. The Labute approximate surface area is 145 Å². The second kappa shape index (κ2) is 6.89. The predicted octanol–water partition coefficient (Wildman–Crippen LogP) is 4.10. The van der Waals surface area contributed by atoms with Gasteiger partial charge in [0.15, 0.2) is 0 Å². The molecule has 2 heterocycles. The topological polar surface area (TPSA) is 42.4 Å².